The molecule has 5 nitrogen and oxygen atoms in total. The van der Waals surface area contributed by atoms with Gasteiger partial charge in [0.2, 0.25) is 5.76 Å². The molecule has 20 heavy (non-hydrogen) atoms. The first kappa shape index (κ1) is 15.0. The first-order chi connectivity index (χ1) is 9.69. The average Bonchev–Trinajstić information content (AvgIpc) is 2.97. The molecule has 1 N–H and O–H groups in total. The van der Waals surface area contributed by atoms with Crippen molar-refractivity contribution in [1.29, 1.82) is 0 Å². The van der Waals surface area contributed by atoms with Gasteiger partial charge >= 0.3 is 0 Å². The zero-order valence-corrected chi connectivity index (χ0v) is 12.7. The first-order valence-electron chi connectivity index (χ1n) is 7.62. The van der Waals surface area contributed by atoms with Crippen molar-refractivity contribution in [3.8, 4) is 0 Å². The Bertz CT molecular complexity index is 440. The van der Waals surface area contributed by atoms with Crippen molar-refractivity contribution in [1.82, 2.24) is 15.4 Å². The SMILES string of the molecule is CCC(CC)c1cc(C(=O)N2CCCC(NC)C2)on1. The van der Waals surface area contributed by atoms with Gasteiger partial charge in [0, 0.05) is 31.1 Å². The summed E-state index contributed by atoms with van der Waals surface area (Å²) in [6.07, 6.45) is 4.19. The molecule has 1 aromatic rings. The van der Waals surface area contributed by atoms with E-state index in [0.29, 0.717) is 17.7 Å². The lowest BCUT2D eigenvalue weighted by Gasteiger charge is -2.31. The number of hydrogen-bond donors (Lipinski definition) is 1. The number of aromatic nitrogens is 1. The molecule has 0 spiro atoms. The molecular weight excluding hydrogens is 254 g/mol. The van der Waals surface area contributed by atoms with Gasteiger partial charge in [-0.15, -0.1) is 0 Å². The highest BCUT2D eigenvalue weighted by molar-refractivity contribution is 5.91. The van der Waals surface area contributed by atoms with E-state index in [9.17, 15) is 4.79 Å². The molecule has 0 aliphatic carbocycles. The number of nitrogens with one attached hydrogen (secondary N) is 1. The molecular formula is C15H25N3O2. The Morgan fingerprint density at radius 1 is 1.55 bits per heavy atom. The van der Waals surface area contributed by atoms with Gasteiger partial charge < -0.3 is 14.7 Å². The van der Waals surface area contributed by atoms with E-state index in [2.05, 4.69) is 24.3 Å². The van der Waals surface area contributed by atoms with Gasteiger partial charge in [0.25, 0.3) is 5.91 Å². The van der Waals surface area contributed by atoms with Crippen molar-refractivity contribution in [3.05, 3.63) is 17.5 Å². The van der Waals surface area contributed by atoms with Crippen LogP contribution < -0.4 is 5.32 Å². The first-order valence-corrected chi connectivity index (χ1v) is 7.62. The Morgan fingerprint density at radius 2 is 2.30 bits per heavy atom. The van der Waals surface area contributed by atoms with E-state index in [1.165, 1.54) is 0 Å². The van der Waals surface area contributed by atoms with Crippen LogP contribution in [0.4, 0.5) is 0 Å². The normalized spacial score (nSPS) is 19.6. The summed E-state index contributed by atoms with van der Waals surface area (Å²) in [4.78, 5) is 14.3. The van der Waals surface area contributed by atoms with Gasteiger partial charge in [-0.1, -0.05) is 19.0 Å². The second-order valence-corrected chi connectivity index (χ2v) is 5.51. The number of carbonyl (C=O) groups is 1. The highest BCUT2D eigenvalue weighted by Crippen LogP contribution is 2.23. The quantitative estimate of drug-likeness (QED) is 0.899. The lowest BCUT2D eigenvalue weighted by atomic mass is 9.99. The Balaban J connectivity index is 2.05. The number of rotatable bonds is 5. The molecule has 0 aromatic carbocycles. The summed E-state index contributed by atoms with van der Waals surface area (Å²) in [5.74, 6) is 0.727. The molecule has 2 heterocycles. The number of likely N-dealkylation sites (tertiary alicyclic amines) is 1. The summed E-state index contributed by atoms with van der Waals surface area (Å²) in [5, 5.41) is 7.32. The molecule has 1 fully saturated rings. The lowest BCUT2D eigenvalue weighted by molar-refractivity contribution is 0.0656. The van der Waals surface area contributed by atoms with Crippen molar-refractivity contribution in [2.75, 3.05) is 20.1 Å². The number of piperidine rings is 1. The summed E-state index contributed by atoms with van der Waals surface area (Å²) < 4.78 is 5.27. The third-order valence-corrected chi connectivity index (χ3v) is 4.26. The molecule has 112 valence electrons. The Morgan fingerprint density at radius 3 is 2.95 bits per heavy atom. The van der Waals surface area contributed by atoms with Crippen molar-refractivity contribution < 1.29 is 9.32 Å². The third-order valence-electron chi connectivity index (χ3n) is 4.26. The highest BCUT2D eigenvalue weighted by atomic mass is 16.5. The Kier molecular flexibility index (Phi) is 5.17. The standard InChI is InChI=1S/C15H25N3O2/c1-4-11(5-2)13-9-14(20-17-13)15(19)18-8-6-7-12(10-18)16-3/h9,11-12,16H,4-8,10H2,1-3H3. The largest absolute Gasteiger partial charge is 0.351 e. The number of carbonyl (C=O) groups excluding carboxylic acids is 1. The fourth-order valence-electron chi connectivity index (χ4n) is 2.84. The van der Waals surface area contributed by atoms with Crippen LogP contribution in [0.3, 0.4) is 0 Å². The predicted octanol–water partition coefficient (Wildman–Crippen LogP) is 2.40. The van der Waals surface area contributed by atoms with Gasteiger partial charge in [-0.25, -0.2) is 0 Å². The summed E-state index contributed by atoms with van der Waals surface area (Å²) in [7, 11) is 1.94. The van der Waals surface area contributed by atoms with Crippen molar-refractivity contribution >= 4 is 5.91 Å². The van der Waals surface area contributed by atoms with Crippen LogP contribution in [-0.2, 0) is 0 Å². The molecule has 1 aliphatic heterocycles. The molecule has 1 aliphatic rings. The minimum atomic E-state index is -0.0327. The van der Waals surface area contributed by atoms with Crippen molar-refractivity contribution in [3.63, 3.8) is 0 Å². The maximum absolute atomic E-state index is 12.4. The maximum Gasteiger partial charge on any atom is 0.292 e. The van der Waals surface area contributed by atoms with Gasteiger partial charge in [0.05, 0.1) is 5.69 Å². The summed E-state index contributed by atoms with van der Waals surface area (Å²) >= 11 is 0. The fraction of sp³-hybridized carbons (Fsp3) is 0.733. The molecule has 1 aromatic heterocycles. The molecule has 1 unspecified atom stereocenters. The molecule has 2 rings (SSSR count). The van der Waals surface area contributed by atoms with Crippen LogP contribution in [0, 0.1) is 0 Å². The van der Waals surface area contributed by atoms with E-state index >= 15 is 0 Å². The van der Waals surface area contributed by atoms with Gasteiger partial charge in [-0.05, 0) is 32.7 Å². The lowest BCUT2D eigenvalue weighted by Crippen LogP contribution is -2.46. The van der Waals surface area contributed by atoms with Gasteiger partial charge in [-0.2, -0.15) is 0 Å². The second-order valence-electron chi connectivity index (χ2n) is 5.51. The van der Waals surface area contributed by atoms with E-state index in [-0.39, 0.29) is 5.91 Å². The van der Waals surface area contributed by atoms with E-state index in [0.717, 1.165) is 44.5 Å². The summed E-state index contributed by atoms with van der Waals surface area (Å²) in [5.41, 5.74) is 0.903. The number of amides is 1. The minimum Gasteiger partial charge on any atom is -0.351 e. The predicted molar refractivity (Wildman–Crippen MR) is 77.8 cm³/mol. The van der Waals surface area contributed by atoms with Crippen LogP contribution >= 0.6 is 0 Å². The zero-order valence-electron chi connectivity index (χ0n) is 12.7. The Labute approximate surface area is 120 Å². The average molecular weight is 279 g/mol. The van der Waals surface area contributed by atoms with E-state index in [4.69, 9.17) is 4.52 Å². The third kappa shape index (κ3) is 3.20. The number of likely N-dealkylation sites (N-methyl/N-ethyl adjacent to an activating group) is 1. The van der Waals surface area contributed by atoms with Crippen molar-refractivity contribution in [2.45, 2.75) is 51.5 Å². The monoisotopic (exact) mass is 279 g/mol. The van der Waals surface area contributed by atoms with Gasteiger partial charge in [-0.3, -0.25) is 4.79 Å². The second kappa shape index (κ2) is 6.88. The maximum atomic E-state index is 12.4. The summed E-state index contributed by atoms with van der Waals surface area (Å²) in [6, 6.07) is 2.21. The number of hydrogen-bond acceptors (Lipinski definition) is 4. The van der Waals surface area contributed by atoms with Gasteiger partial charge in [0.15, 0.2) is 0 Å². The van der Waals surface area contributed by atoms with E-state index in [1.54, 1.807) is 0 Å². The molecule has 1 saturated heterocycles. The van der Waals surface area contributed by atoms with Crippen LogP contribution in [0.2, 0.25) is 0 Å². The molecule has 1 amide bonds. The highest BCUT2D eigenvalue weighted by Gasteiger charge is 2.26. The minimum absolute atomic E-state index is 0.0327. The molecule has 0 bridgehead atoms. The molecule has 1 atom stereocenters. The number of nitrogens with zero attached hydrogens (tertiary/aromatic N) is 2. The van der Waals surface area contributed by atoms with Crippen LogP contribution in [0.5, 0.6) is 0 Å². The smallest absolute Gasteiger partial charge is 0.292 e. The Hall–Kier alpha value is -1.36. The van der Waals surface area contributed by atoms with Gasteiger partial charge in [0.1, 0.15) is 0 Å². The molecule has 0 saturated carbocycles. The zero-order chi connectivity index (χ0) is 14.5. The van der Waals surface area contributed by atoms with Crippen LogP contribution in [0.15, 0.2) is 10.6 Å². The fourth-order valence-corrected chi connectivity index (χ4v) is 2.84. The molecule has 5 heteroatoms. The molecule has 0 radical (unpaired) electrons. The van der Waals surface area contributed by atoms with Crippen LogP contribution in [0.25, 0.3) is 0 Å². The topological polar surface area (TPSA) is 58.4 Å². The summed E-state index contributed by atoms with van der Waals surface area (Å²) in [6.45, 7) is 5.81. The van der Waals surface area contributed by atoms with Crippen molar-refractivity contribution in [2.24, 2.45) is 0 Å². The van der Waals surface area contributed by atoms with E-state index in [1.807, 2.05) is 18.0 Å². The van der Waals surface area contributed by atoms with Crippen LogP contribution in [0.1, 0.15) is 61.7 Å². The van der Waals surface area contributed by atoms with Crippen LogP contribution in [-0.4, -0.2) is 42.1 Å². The van der Waals surface area contributed by atoms with E-state index < -0.39 is 0 Å².